The van der Waals surface area contributed by atoms with Crippen molar-refractivity contribution in [2.45, 2.75) is 32.4 Å². The van der Waals surface area contributed by atoms with Crippen molar-refractivity contribution in [3.63, 3.8) is 0 Å². The molecule has 1 aliphatic rings. The molecule has 1 aromatic carbocycles. The number of nitrogens with zero attached hydrogens (tertiary/aromatic N) is 2. The van der Waals surface area contributed by atoms with Crippen LogP contribution in [-0.2, 0) is 6.18 Å². The lowest BCUT2D eigenvalue weighted by molar-refractivity contribution is -0.141. The Morgan fingerprint density at radius 1 is 1.03 bits per heavy atom. The predicted octanol–water partition coefficient (Wildman–Crippen LogP) is 6.02. The maximum Gasteiger partial charge on any atom is 0.433 e. The van der Waals surface area contributed by atoms with Crippen LogP contribution in [0.25, 0.3) is 10.4 Å². The van der Waals surface area contributed by atoms with E-state index in [2.05, 4.69) is 10.3 Å². The molecule has 33 heavy (non-hydrogen) atoms. The third-order valence-corrected chi connectivity index (χ3v) is 6.84. The molecule has 9 heteroatoms. The van der Waals surface area contributed by atoms with Crippen LogP contribution in [0, 0.1) is 6.92 Å². The second kappa shape index (κ2) is 9.35. The number of likely N-dealkylation sites (tertiary alicyclic amines) is 1. The minimum atomic E-state index is -4.58. The molecule has 0 unspecified atom stereocenters. The lowest BCUT2D eigenvalue weighted by Crippen LogP contribution is -2.36. The molecule has 0 spiro atoms. The summed E-state index contributed by atoms with van der Waals surface area (Å²) < 4.78 is 38.4. The quantitative estimate of drug-likeness (QED) is 0.504. The van der Waals surface area contributed by atoms with Gasteiger partial charge in [-0.1, -0.05) is 30.3 Å². The average molecular weight is 474 g/mol. The average Bonchev–Trinajstić information content (AvgIpc) is 3.14. The first-order valence-electron chi connectivity index (χ1n) is 10.6. The number of pyridine rings is 1. The van der Waals surface area contributed by atoms with Crippen LogP contribution in [0.2, 0.25) is 0 Å². The summed E-state index contributed by atoms with van der Waals surface area (Å²) in [6.07, 6.45) is -0.758. The normalized spacial score (nSPS) is 14.2. The minimum Gasteiger partial charge on any atom is -0.339 e. The zero-order valence-corrected chi connectivity index (χ0v) is 18.7. The van der Waals surface area contributed by atoms with Crippen LogP contribution in [-0.4, -0.2) is 34.8 Å². The van der Waals surface area contributed by atoms with Crippen LogP contribution in [0.4, 0.5) is 18.2 Å². The molecule has 2 aromatic heterocycles. The van der Waals surface area contributed by atoms with Crippen molar-refractivity contribution in [1.29, 1.82) is 0 Å². The molecule has 4 rings (SSSR count). The van der Waals surface area contributed by atoms with E-state index >= 15 is 0 Å². The summed E-state index contributed by atoms with van der Waals surface area (Å²) in [5.41, 5.74) is 1.02. The minimum absolute atomic E-state index is 0.0216. The van der Waals surface area contributed by atoms with Crippen LogP contribution >= 0.6 is 11.3 Å². The van der Waals surface area contributed by atoms with Gasteiger partial charge in [0.05, 0.1) is 11.1 Å². The number of anilines is 1. The third kappa shape index (κ3) is 4.93. The van der Waals surface area contributed by atoms with Gasteiger partial charge in [-0.3, -0.25) is 14.6 Å². The summed E-state index contributed by atoms with van der Waals surface area (Å²) >= 11 is 1.28. The van der Waals surface area contributed by atoms with Crippen LogP contribution in [0.1, 0.15) is 51.2 Å². The Morgan fingerprint density at radius 2 is 1.73 bits per heavy atom. The lowest BCUT2D eigenvalue weighted by Gasteiger charge is -2.27. The number of thiophene rings is 1. The predicted molar refractivity (Wildman–Crippen MR) is 121 cm³/mol. The van der Waals surface area contributed by atoms with Gasteiger partial charge in [-0.25, -0.2) is 0 Å². The number of halogens is 3. The highest BCUT2D eigenvalue weighted by atomic mass is 32.1. The van der Waals surface area contributed by atoms with Gasteiger partial charge in [0, 0.05) is 24.2 Å². The van der Waals surface area contributed by atoms with E-state index in [1.807, 2.05) is 37.3 Å². The number of nitrogens with one attached hydrogen (secondary N) is 1. The van der Waals surface area contributed by atoms with Crippen molar-refractivity contribution in [3.8, 4) is 10.4 Å². The number of aromatic nitrogens is 1. The molecule has 0 radical (unpaired) electrons. The number of carbonyl (C=O) groups is 2. The highest BCUT2D eigenvalue weighted by molar-refractivity contribution is 7.20. The van der Waals surface area contributed by atoms with Crippen molar-refractivity contribution >= 4 is 28.2 Å². The molecule has 1 aliphatic heterocycles. The number of hydrogen-bond donors (Lipinski definition) is 1. The summed E-state index contributed by atoms with van der Waals surface area (Å²) in [7, 11) is 0. The zero-order chi connectivity index (χ0) is 23.6. The molecule has 172 valence electrons. The van der Waals surface area contributed by atoms with Gasteiger partial charge in [-0.05, 0) is 49.4 Å². The van der Waals surface area contributed by atoms with Crippen molar-refractivity contribution in [1.82, 2.24) is 9.88 Å². The monoisotopic (exact) mass is 473 g/mol. The van der Waals surface area contributed by atoms with E-state index in [0.717, 1.165) is 53.6 Å². The number of amides is 2. The Morgan fingerprint density at radius 3 is 2.33 bits per heavy atom. The molecule has 2 amide bonds. The van der Waals surface area contributed by atoms with Crippen LogP contribution in [0.15, 0.2) is 48.7 Å². The number of carbonyl (C=O) groups excluding carboxylic acids is 2. The molecule has 0 saturated carbocycles. The van der Waals surface area contributed by atoms with Crippen molar-refractivity contribution in [2.75, 3.05) is 18.4 Å². The Kier molecular flexibility index (Phi) is 6.51. The van der Waals surface area contributed by atoms with Crippen LogP contribution in [0.3, 0.4) is 0 Å². The number of piperidine rings is 1. The fourth-order valence-corrected chi connectivity index (χ4v) is 5.05. The van der Waals surface area contributed by atoms with Gasteiger partial charge < -0.3 is 10.2 Å². The fourth-order valence-electron chi connectivity index (χ4n) is 3.85. The zero-order valence-electron chi connectivity index (χ0n) is 17.9. The molecule has 1 fully saturated rings. The van der Waals surface area contributed by atoms with Crippen molar-refractivity contribution in [3.05, 3.63) is 71.0 Å². The van der Waals surface area contributed by atoms with E-state index in [4.69, 9.17) is 0 Å². The summed E-state index contributed by atoms with van der Waals surface area (Å²) in [4.78, 5) is 32.2. The van der Waals surface area contributed by atoms with Gasteiger partial charge in [0.25, 0.3) is 11.8 Å². The maximum absolute atomic E-state index is 13.4. The van der Waals surface area contributed by atoms with Gasteiger partial charge >= 0.3 is 6.18 Å². The molecule has 1 N–H and O–H groups in total. The van der Waals surface area contributed by atoms with Crippen molar-refractivity contribution in [2.24, 2.45) is 0 Å². The molecule has 0 atom stereocenters. The maximum atomic E-state index is 13.4. The molecule has 3 aromatic rings. The summed E-state index contributed by atoms with van der Waals surface area (Å²) in [6.45, 7) is 3.17. The number of hydrogen-bond acceptors (Lipinski definition) is 4. The number of rotatable bonds is 4. The van der Waals surface area contributed by atoms with Gasteiger partial charge in [-0.15, -0.1) is 11.3 Å². The topological polar surface area (TPSA) is 62.3 Å². The van der Waals surface area contributed by atoms with Gasteiger partial charge in [0.1, 0.15) is 10.7 Å². The van der Waals surface area contributed by atoms with E-state index in [1.165, 1.54) is 11.3 Å². The van der Waals surface area contributed by atoms with E-state index in [1.54, 1.807) is 4.90 Å². The Labute approximate surface area is 193 Å². The number of alkyl halides is 3. The second-order valence-electron chi connectivity index (χ2n) is 7.86. The van der Waals surface area contributed by atoms with E-state index < -0.39 is 17.8 Å². The standard InChI is InChI=1S/C24H22F3N3O2S/c1-15-19(23(32)30-12-6-3-7-13-30)22(33-20(15)16-8-4-2-5-9-16)29-21(31)17-10-11-18(28-14-17)24(25,26)27/h2,4-5,8-11,14H,3,6-7,12-13H2,1H3,(H,29,31). The molecular formula is C24H22F3N3O2S. The SMILES string of the molecule is Cc1c(-c2ccccc2)sc(NC(=O)c2ccc(C(F)(F)F)nc2)c1C(=O)N1CCCCC1. The second-order valence-corrected chi connectivity index (χ2v) is 8.88. The smallest absolute Gasteiger partial charge is 0.339 e. The molecular weight excluding hydrogens is 451 g/mol. The molecule has 3 heterocycles. The Hall–Kier alpha value is -3.20. The summed E-state index contributed by atoms with van der Waals surface area (Å²) in [5, 5.41) is 3.13. The van der Waals surface area contributed by atoms with Gasteiger partial charge in [0.15, 0.2) is 0 Å². The molecule has 1 saturated heterocycles. The number of benzene rings is 1. The molecule has 0 bridgehead atoms. The Bertz CT molecular complexity index is 1150. The van der Waals surface area contributed by atoms with Gasteiger partial charge in [0.2, 0.25) is 0 Å². The van der Waals surface area contributed by atoms with Gasteiger partial charge in [-0.2, -0.15) is 13.2 Å². The van der Waals surface area contributed by atoms with Crippen molar-refractivity contribution < 1.29 is 22.8 Å². The first-order valence-corrected chi connectivity index (χ1v) is 11.4. The Balaban J connectivity index is 1.68. The lowest BCUT2D eigenvalue weighted by atomic mass is 10.0. The first-order chi connectivity index (χ1) is 15.8. The third-order valence-electron chi connectivity index (χ3n) is 5.58. The van der Waals surface area contributed by atoms with E-state index in [0.29, 0.717) is 23.7 Å². The summed E-state index contributed by atoms with van der Waals surface area (Å²) in [5.74, 6) is -0.767. The van der Waals surface area contributed by atoms with Crippen LogP contribution < -0.4 is 5.32 Å². The first kappa shape index (κ1) is 23.0. The molecule has 0 aliphatic carbocycles. The van der Waals surface area contributed by atoms with E-state index in [9.17, 15) is 22.8 Å². The fraction of sp³-hybridized carbons (Fsp3) is 0.292. The van der Waals surface area contributed by atoms with Crippen LogP contribution in [0.5, 0.6) is 0 Å². The highest BCUT2D eigenvalue weighted by Gasteiger charge is 2.32. The van der Waals surface area contributed by atoms with E-state index in [-0.39, 0.29) is 11.5 Å². The summed E-state index contributed by atoms with van der Waals surface area (Å²) in [6, 6.07) is 11.4. The molecule has 5 nitrogen and oxygen atoms in total. The highest BCUT2D eigenvalue weighted by Crippen LogP contribution is 2.41. The largest absolute Gasteiger partial charge is 0.433 e.